The van der Waals surface area contributed by atoms with Crippen molar-refractivity contribution in [2.24, 2.45) is 5.92 Å². The van der Waals surface area contributed by atoms with Crippen molar-refractivity contribution in [2.75, 3.05) is 6.54 Å². The monoisotopic (exact) mass is 229 g/mol. The first-order chi connectivity index (χ1) is 8.27. The number of rotatable bonds is 2. The Kier molecular flexibility index (Phi) is 2.46. The van der Waals surface area contributed by atoms with Gasteiger partial charge in [-0.05, 0) is 12.8 Å². The molecule has 0 spiro atoms. The molecule has 0 unspecified atom stereocenters. The fourth-order valence-electron chi connectivity index (χ4n) is 3.05. The van der Waals surface area contributed by atoms with E-state index in [2.05, 4.69) is 0 Å². The minimum Gasteiger partial charge on any atom is -0.339 e. The number of hydrogen-bond donors (Lipinski definition) is 0. The third kappa shape index (κ3) is 1.66. The van der Waals surface area contributed by atoms with E-state index in [9.17, 15) is 9.59 Å². The fraction of sp³-hybridized carbons (Fsp3) is 0.429. The summed E-state index contributed by atoms with van der Waals surface area (Å²) in [6, 6.07) is 9.48. The van der Waals surface area contributed by atoms with Gasteiger partial charge in [-0.3, -0.25) is 9.59 Å². The van der Waals surface area contributed by atoms with Crippen LogP contribution in [-0.4, -0.2) is 29.2 Å². The second kappa shape index (κ2) is 3.99. The molecule has 3 rings (SSSR count). The third-order valence-corrected chi connectivity index (χ3v) is 3.87. The van der Waals surface area contributed by atoms with Gasteiger partial charge in [-0.15, -0.1) is 0 Å². The van der Waals surface area contributed by atoms with E-state index in [1.54, 1.807) is 0 Å². The molecule has 88 valence electrons. The summed E-state index contributed by atoms with van der Waals surface area (Å²) < 4.78 is 0. The fourth-order valence-corrected chi connectivity index (χ4v) is 3.05. The molecule has 1 amide bonds. The highest BCUT2D eigenvalue weighted by molar-refractivity contribution is 6.02. The van der Waals surface area contributed by atoms with Crippen LogP contribution in [0.5, 0.6) is 0 Å². The van der Waals surface area contributed by atoms with Crippen LogP contribution >= 0.6 is 0 Å². The molecule has 3 heteroatoms. The van der Waals surface area contributed by atoms with Gasteiger partial charge < -0.3 is 4.90 Å². The number of nitrogens with zero attached hydrogens (tertiary/aromatic N) is 1. The summed E-state index contributed by atoms with van der Waals surface area (Å²) in [5.74, 6) is 0.169. The number of benzene rings is 1. The molecule has 2 fully saturated rings. The normalized spacial score (nSPS) is 27.3. The summed E-state index contributed by atoms with van der Waals surface area (Å²) in [6.07, 6.45) is 2.42. The SMILES string of the molecule is O=C(c1ccccc1)[C@H]1CC(=O)N2CCC[C@H]12. The zero-order chi connectivity index (χ0) is 11.8. The van der Waals surface area contributed by atoms with Gasteiger partial charge in [0.2, 0.25) is 5.91 Å². The van der Waals surface area contributed by atoms with Gasteiger partial charge in [0.1, 0.15) is 0 Å². The first-order valence-electron chi connectivity index (χ1n) is 6.16. The van der Waals surface area contributed by atoms with Crippen LogP contribution in [0.4, 0.5) is 0 Å². The van der Waals surface area contributed by atoms with Crippen molar-refractivity contribution in [3.63, 3.8) is 0 Å². The maximum absolute atomic E-state index is 12.4. The van der Waals surface area contributed by atoms with Crippen LogP contribution < -0.4 is 0 Å². The minimum atomic E-state index is -0.118. The van der Waals surface area contributed by atoms with Gasteiger partial charge in [-0.2, -0.15) is 0 Å². The van der Waals surface area contributed by atoms with Gasteiger partial charge in [0.25, 0.3) is 0 Å². The molecule has 0 aliphatic carbocycles. The summed E-state index contributed by atoms with van der Waals surface area (Å²) in [5.41, 5.74) is 0.735. The lowest BCUT2D eigenvalue weighted by molar-refractivity contribution is -0.127. The van der Waals surface area contributed by atoms with Crippen molar-refractivity contribution in [1.29, 1.82) is 0 Å². The van der Waals surface area contributed by atoms with Gasteiger partial charge in [0.15, 0.2) is 5.78 Å². The molecule has 2 aliphatic heterocycles. The average Bonchev–Trinajstić information content (AvgIpc) is 2.94. The second-order valence-corrected chi connectivity index (χ2v) is 4.84. The molecule has 0 N–H and O–H groups in total. The number of carbonyl (C=O) groups is 2. The van der Waals surface area contributed by atoms with E-state index in [-0.39, 0.29) is 23.7 Å². The Morgan fingerprint density at radius 2 is 2.00 bits per heavy atom. The van der Waals surface area contributed by atoms with Gasteiger partial charge in [0, 0.05) is 24.6 Å². The lowest BCUT2D eigenvalue weighted by atomic mass is 9.90. The van der Waals surface area contributed by atoms with Crippen LogP contribution in [-0.2, 0) is 4.79 Å². The van der Waals surface area contributed by atoms with E-state index in [0.717, 1.165) is 24.9 Å². The summed E-state index contributed by atoms with van der Waals surface area (Å²) in [7, 11) is 0. The number of fused-ring (bicyclic) bond motifs is 1. The largest absolute Gasteiger partial charge is 0.339 e. The van der Waals surface area contributed by atoms with Crippen molar-refractivity contribution in [3.05, 3.63) is 35.9 Å². The van der Waals surface area contributed by atoms with E-state index in [4.69, 9.17) is 0 Å². The molecule has 2 atom stereocenters. The van der Waals surface area contributed by atoms with Crippen LogP contribution in [0.3, 0.4) is 0 Å². The molecule has 0 radical (unpaired) electrons. The number of hydrogen-bond acceptors (Lipinski definition) is 2. The summed E-state index contributed by atoms with van der Waals surface area (Å²) in [6.45, 7) is 0.835. The quantitative estimate of drug-likeness (QED) is 0.726. The first-order valence-corrected chi connectivity index (χ1v) is 6.16. The van der Waals surface area contributed by atoms with Crippen molar-refractivity contribution >= 4 is 11.7 Å². The Morgan fingerprint density at radius 3 is 2.76 bits per heavy atom. The number of Topliss-reactive ketones (excluding diaryl/α,β-unsaturated/α-hetero) is 1. The van der Waals surface area contributed by atoms with Gasteiger partial charge in [-0.25, -0.2) is 0 Å². The number of amides is 1. The summed E-state index contributed by atoms with van der Waals surface area (Å²) in [4.78, 5) is 26.0. The first kappa shape index (κ1) is 10.5. The zero-order valence-electron chi connectivity index (χ0n) is 9.63. The topological polar surface area (TPSA) is 37.4 Å². The lowest BCUT2D eigenvalue weighted by Crippen LogP contribution is -2.31. The van der Waals surface area contributed by atoms with E-state index in [1.165, 1.54) is 0 Å². The van der Waals surface area contributed by atoms with Crippen LogP contribution in [0.2, 0.25) is 0 Å². The van der Waals surface area contributed by atoms with Gasteiger partial charge in [0.05, 0.1) is 5.92 Å². The lowest BCUT2D eigenvalue weighted by Gasteiger charge is -2.19. The third-order valence-electron chi connectivity index (χ3n) is 3.87. The molecule has 2 heterocycles. The molecule has 0 aromatic heterocycles. The Balaban J connectivity index is 1.86. The Hall–Kier alpha value is -1.64. The average molecular weight is 229 g/mol. The minimum absolute atomic E-state index is 0.118. The van der Waals surface area contributed by atoms with Crippen LogP contribution in [0.15, 0.2) is 30.3 Å². The summed E-state index contributed by atoms with van der Waals surface area (Å²) in [5, 5.41) is 0. The highest BCUT2D eigenvalue weighted by Gasteiger charge is 2.45. The van der Waals surface area contributed by atoms with Crippen molar-refractivity contribution in [1.82, 2.24) is 4.90 Å². The number of carbonyl (C=O) groups excluding carboxylic acids is 2. The maximum Gasteiger partial charge on any atom is 0.223 e. The second-order valence-electron chi connectivity index (χ2n) is 4.84. The Bertz CT molecular complexity index is 455. The highest BCUT2D eigenvalue weighted by Crippen LogP contribution is 2.35. The van der Waals surface area contributed by atoms with Crippen molar-refractivity contribution in [3.8, 4) is 0 Å². The Labute approximate surface area is 100 Å². The van der Waals surface area contributed by atoms with E-state index < -0.39 is 0 Å². The highest BCUT2D eigenvalue weighted by atomic mass is 16.2. The molecule has 0 bridgehead atoms. The molecule has 17 heavy (non-hydrogen) atoms. The van der Waals surface area contributed by atoms with Crippen molar-refractivity contribution in [2.45, 2.75) is 25.3 Å². The predicted octanol–water partition coefficient (Wildman–Crippen LogP) is 1.88. The zero-order valence-corrected chi connectivity index (χ0v) is 9.63. The van der Waals surface area contributed by atoms with Crippen LogP contribution in [0.1, 0.15) is 29.6 Å². The van der Waals surface area contributed by atoms with Crippen LogP contribution in [0.25, 0.3) is 0 Å². The molecular formula is C14H15NO2. The van der Waals surface area contributed by atoms with E-state index in [1.807, 2.05) is 35.2 Å². The maximum atomic E-state index is 12.4. The van der Waals surface area contributed by atoms with Crippen molar-refractivity contribution < 1.29 is 9.59 Å². The molecule has 1 aromatic rings. The van der Waals surface area contributed by atoms with Crippen LogP contribution in [0, 0.1) is 5.92 Å². The molecule has 1 aromatic carbocycles. The summed E-state index contributed by atoms with van der Waals surface area (Å²) >= 11 is 0. The standard InChI is InChI=1S/C14H15NO2/c16-13-9-11(12-7-4-8-15(12)13)14(17)10-5-2-1-3-6-10/h1-3,5-6,11-12H,4,7-9H2/t11-,12+/m0/s1. The molecule has 2 aliphatic rings. The van der Waals surface area contributed by atoms with E-state index >= 15 is 0 Å². The molecule has 3 nitrogen and oxygen atoms in total. The Morgan fingerprint density at radius 1 is 1.24 bits per heavy atom. The number of ketones is 1. The van der Waals surface area contributed by atoms with Gasteiger partial charge >= 0.3 is 0 Å². The predicted molar refractivity (Wildman–Crippen MR) is 63.6 cm³/mol. The molecular weight excluding hydrogens is 214 g/mol. The molecule has 2 saturated heterocycles. The molecule has 0 saturated carbocycles. The smallest absolute Gasteiger partial charge is 0.223 e. The van der Waals surface area contributed by atoms with E-state index in [0.29, 0.717) is 6.42 Å². The van der Waals surface area contributed by atoms with Gasteiger partial charge in [-0.1, -0.05) is 30.3 Å².